The predicted molar refractivity (Wildman–Crippen MR) is 73.8 cm³/mol. The minimum absolute atomic E-state index is 0.211. The maximum Gasteiger partial charge on any atom is 0.0737 e. The molecule has 0 spiro atoms. The number of benzene rings is 1. The zero-order valence-electron chi connectivity index (χ0n) is 11.2. The Hall–Kier alpha value is -1.06. The summed E-state index contributed by atoms with van der Waals surface area (Å²) in [5.74, 6) is 0.533. The smallest absolute Gasteiger partial charge is 0.0737 e. The van der Waals surface area contributed by atoms with Crippen LogP contribution in [0.5, 0.6) is 0 Å². The van der Waals surface area contributed by atoms with Gasteiger partial charge in [-0.05, 0) is 24.0 Å². The zero-order valence-corrected chi connectivity index (χ0v) is 11.2. The molecule has 1 aromatic carbocycles. The number of anilines is 1. The van der Waals surface area contributed by atoms with E-state index in [1.165, 1.54) is 11.3 Å². The lowest BCUT2D eigenvalue weighted by atomic mass is 9.92. The molecule has 0 aromatic heterocycles. The Morgan fingerprint density at radius 3 is 2.72 bits per heavy atom. The van der Waals surface area contributed by atoms with Crippen molar-refractivity contribution in [3.8, 4) is 0 Å². The van der Waals surface area contributed by atoms with Crippen LogP contribution in [-0.4, -0.2) is 36.0 Å². The van der Waals surface area contributed by atoms with Crippen molar-refractivity contribution < 1.29 is 10.2 Å². The Labute approximate surface area is 109 Å². The van der Waals surface area contributed by atoms with Crippen molar-refractivity contribution in [3.63, 3.8) is 0 Å². The number of para-hydroxylation sites is 1. The van der Waals surface area contributed by atoms with E-state index in [0.717, 1.165) is 13.0 Å². The Morgan fingerprint density at radius 2 is 2.06 bits per heavy atom. The lowest BCUT2D eigenvalue weighted by Crippen LogP contribution is -2.42. The van der Waals surface area contributed by atoms with Crippen LogP contribution in [0.2, 0.25) is 0 Å². The molecule has 1 heterocycles. The van der Waals surface area contributed by atoms with E-state index in [9.17, 15) is 10.2 Å². The van der Waals surface area contributed by atoms with Crippen molar-refractivity contribution in [3.05, 3.63) is 29.8 Å². The molecular formula is C15H23NO2. The van der Waals surface area contributed by atoms with Crippen LogP contribution < -0.4 is 4.90 Å². The third-order valence-corrected chi connectivity index (χ3v) is 3.75. The quantitative estimate of drug-likeness (QED) is 0.853. The highest BCUT2D eigenvalue weighted by Crippen LogP contribution is 2.29. The third-order valence-electron chi connectivity index (χ3n) is 3.75. The van der Waals surface area contributed by atoms with Gasteiger partial charge in [0.2, 0.25) is 0 Å². The standard InChI is InChI=1S/C15H23NO2/c1-11(2)15(18)9-16-8-12(10-17)7-13-5-3-4-6-14(13)16/h3-6,11-12,15,17-18H,7-10H2,1-2H3. The summed E-state index contributed by atoms with van der Waals surface area (Å²) in [5, 5.41) is 19.4. The fourth-order valence-electron chi connectivity index (χ4n) is 2.51. The summed E-state index contributed by atoms with van der Waals surface area (Å²) in [6, 6.07) is 8.30. The summed E-state index contributed by atoms with van der Waals surface area (Å²) in [6.07, 6.45) is 0.608. The monoisotopic (exact) mass is 249 g/mol. The average Bonchev–Trinajstić information content (AvgIpc) is 2.38. The minimum atomic E-state index is -0.324. The molecule has 1 aliphatic rings. The SMILES string of the molecule is CC(C)C(O)CN1CC(CO)Cc2ccccc21. The molecule has 100 valence electrons. The molecule has 0 radical (unpaired) electrons. The van der Waals surface area contributed by atoms with Gasteiger partial charge in [-0.3, -0.25) is 0 Å². The molecule has 2 rings (SSSR count). The number of aliphatic hydroxyl groups is 2. The molecule has 0 aliphatic carbocycles. The van der Waals surface area contributed by atoms with Crippen LogP contribution in [0.4, 0.5) is 5.69 Å². The van der Waals surface area contributed by atoms with Gasteiger partial charge in [-0.2, -0.15) is 0 Å². The van der Waals surface area contributed by atoms with Crippen molar-refractivity contribution in [1.82, 2.24) is 0 Å². The molecular weight excluding hydrogens is 226 g/mol. The molecule has 0 saturated carbocycles. The number of fused-ring (bicyclic) bond motifs is 1. The Bertz CT molecular complexity index is 392. The predicted octanol–water partition coefficient (Wildman–Crippen LogP) is 1.67. The van der Waals surface area contributed by atoms with Gasteiger partial charge >= 0.3 is 0 Å². The van der Waals surface area contributed by atoms with E-state index in [2.05, 4.69) is 17.0 Å². The first-order valence-electron chi connectivity index (χ1n) is 6.73. The maximum atomic E-state index is 10.1. The number of hydrogen-bond donors (Lipinski definition) is 2. The van der Waals surface area contributed by atoms with E-state index in [1.807, 2.05) is 26.0 Å². The van der Waals surface area contributed by atoms with Crippen LogP contribution in [-0.2, 0) is 6.42 Å². The van der Waals surface area contributed by atoms with Gasteiger partial charge in [0.1, 0.15) is 0 Å². The lowest BCUT2D eigenvalue weighted by molar-refractivity contribution is 0.127. The number of hydrogen-bond acceptors (Lipinski definition) is 3. The van der Waals surface area contributed by atoms with E-state index in [-0.39, 0.29) is 24.5 Å². The van der Waals surface area contributed by atoms with Crippen LogP contribution in [0.15, 0.2) is 24.3 Å². The second kappa shape index (κ2) is 5.72. The molecule has 0 bridgehead atoms. The molecule has 2 atom stereocenters. The Kier molecular flexibility index (Phi) is 4.25. The van der Waals surface area contributed by atoms with E-state index in [0.29, 0.717) is 6.54 Å². The van der Waals surface area contributed by atoms with Crippen molar-refractivity contribution in [1.29, 1.82) is 0 Å². The van der Waals surface area contributed by atoms with E-state index in [1.54, 1.807) is 0 Å². The summed E-state index contributed by atoms with van der Waals surface area (Å²) in [5.41, 5.74) is 2.49. The third kappa shape index (κ3) is 2.85. The van der Waals surface area contributed by atoms with Crippen LogP contribution in [0, 0.1) is 11.8 Å². The van der Waals surface area contributed by atoms with Crippen molar-refractivity contribution in [2.45, 2.75) is 26.4 Å². The molecule has 2 unspecified atom stereocenters. The highest BCUT2D eigenvalue weighted by molar-refractivity contribution is 5.55. The van der Waals surface area contributed by atoms with Gasteiger partial charge < -0.3 is 15.1 Å². The van der Waals surface area contributed by atoms with Gasteiger partial charge in [0.25, 0.3) is 0 Å². The largest absolute Gasteiger partial charge is 0.396 e. The van der Waals surface area contributed by atoms with Crippen LogP contribution in [0.1, 0.15) is 19.4 Å². The van der Waals surface area contributed by atoms with Crippen LogP contribution >= 0.6 is 0 Å². The molecule has 0 saturated heterocycles. The summed E-state index contributed by atoms with van der Waals surface area (Å²) in [4.78, 5) is 2.21. The molecule has 2 N–H and O–H groups in total. The first kappa shape index (κ1) is 13.4. The van der Waals surface area contributed by atoms with Crippen LogP contribution in [0.25, 0.3) is 0 Å². The highest BCUT2D eigenvalue weighted by atomic mass is 16.3. The lowest BCUT2D eigenvalue weighted by Gasteiger charge is -2.37. The van der Waals surface area contributed by atoms with Gasteiger partial charge in [-0.25, -0.2) is 0 Å². The maximum absolute atomic E-state index is 10.1. The van der Waals surface area contributed by atoms with Crippen LogP contribution in [0.3, 0.4) is 0 Å². The van der Waals surface area contributed by atoms with Crippen molar-refractivity contribution in [2.24, 2.45) is 11.8 Å². The molecule has 1 aromatic rings. The summed E-state index contributed by atoms with van der Waals surface area (Å²) < 4.78 is 0. The molecule has 18 heavy (non-hydrogen) atoms. The zero-order chi connectivity index (χ0) is 13.1. The fraction of sp³-hybridized carbons (Fsp3) is 0.600. The van der Waals surface area contributed by atoms with Crippen molar-refractivity contribution in [2.75, 3.05) is 24.6 Å². The van der Waals surface area contributed by atoms with E-state index >= 15 is 0 Å². The van der Waals surface area contributed by atoms with Gasteiger partial charge in [0.15, 0.2) is 0 Å². The normalized spacial score (nSPS) is 20.9. The van der Waals surface area contributed by atoms with Gasteiger partial charge in [-0.15, -0.1) is 0 Å². The second-order valence-corrected chi connectivity index (χ2v) is 5.60. The van der Waals surface area contributed by atoms with E-state index in [4.69, 9.17) is 0 Å². The molecule has 0 fully saturated rings. The fourth-order valence-corrected chi connectivity index (χ4v) is 2.51. The topological polar surface area (TPSA) is 43.7 Å². The van der Waals surface area contributed by atoms with E-state index < -0.39 is 0 Å². The molecule has 3 nitrogen and oxygen atoms in total. The number of aliphatic hydroxyl groups excluding tert-OH is 2. The summed E-state index contributed by atoms with van der Waals surface area (Å²) in [6.45, 7) is 5.75. The Morgan fingerprint density at radius 1 is 1.33 bits per heavy atom. The van der Waals surface area contributed by atoms with Gasteiger partial charge in [-0.1, -0.05) is 32.0 Å². The number of β-amino-alcohol motifs (C(OH)–C–C–N with tert-alkyl or cyclic N) is 1. The minimum Gasteiger partial charge on any atom is -0.396 e. The summed E-state index contributed by atoms with van der Waals surface area (Å²) >= 11 is 0. The Balaban J connectivity index is 2.18. The number of nitrogens with zero attached hydrogens (tertiary/aromatic N) is 1. The molecule has 3 heteroatoms. The molecule has 0 amide bonds. The number of rotatable bonds is 4. The highest BCUT2D eigenvalue weighted by Gasteiger charge is 2.25. The first-order chi connectivity index (χ1) is 8.61. The summed E-state index contributed by atoms with van der Waals surface area (Å²) in [7, 11) is 0. The average molecular weight is 249 g/mol. The van der Waals surface area contributed by atoms with Gasteiger partial charge in [0.05, 0.1) is 6.10 Å². The van der Waals surface area contributed by atoms with Crippen molar-refractivity contribution >= 4 is 5.69 Å². The van der Waals surface area contributed by atoms with Gasteiger partial charge in [0, 0.05) is 31.3 Å². The second-order valence-electron chi connectivity index (χ2n) is 5.60. The molecule has 1 aliphatic heterocycles. The first-order valence-corrected chi connectivity index (χ1v) is 6.73.